The summed E-state index contributed by atoms with van der Waals surface area (Å²) in [6.07, 6.45) is 3.83. The topological polar surface area (TPSA) is 37.4 Å². The first-order valence-electron chi connectivity index (χ1n) is 5.98. The number of imide groups is 1. The Morgan fingerprint density at radius 1 is 1.19 bits per heavy atom. The molecule has 1 aliphatic rings. The molecule has 3 nitrogen and oxygen atoms in total. The lowest BCUT2D eigenvalue weighted by Crippen LogP contribution is -2.36. The number of likely N-dealkylation sites (tertiary alicyclic amines) is 1. The molecule has 3 heteroatoms. The third-order valence-corrected chi connectivity index (χ3v) is 3.14. The van der Waals surface area contributed by atoms with Gasteiger partial charge in [0, 0.05) is 19.4 Å². The van der Waals surface area contributed by atoms with Gasteiger partial charge in [0.15, 0.2) is 0 Å². The molecule has 1 saturated heterocycles. The fraction of sp³-hybridized carbons (Fsp3) is 0.692. The Balaban J connectivity index is 2.65. The standard InChI is InChI=1S/C13H21NO2/c1-10(2)11(3)9-13(16)14-8-6-4-5-7-12(14)15/h4-9H2,1-3H3. The molecule has 0 aromatic carbocycles. The van der Waals surface area contributed by atoms with Crippen molar-refractivity contribution < 1.29 is 9.59 Å². The van der Waals surface area contributed by atoms with Gasteiger partial charge in [-0.15, -0.1) is 0 Å². The number of hydrogen-bond donors (Lipinski definition) is 0. The molecule has 1 fully saturated rings. The minimum atomic E-state index is -0.0365. The third kappa shape index (κ3) is 3.47. The van der Waals surface area contributed by atoms with Crippen LogP contribution in [0.25, 0.3) is 0 Å². The normalized spacial score (nSPS) is 16.9. The number of allylic oxidation sites excluding steroid dienone is 1. The molecule has 0 bridgehead atoms. The minimum Gasteiger partial charge on any atom is -0.282 e. The summed E-state index contributed by atoms with van der Waals surface area (Å²) in [5.74, 6) is -0.0327. The highest BCUT2D eigenvalue weighted by Crippen LogP contribution is 2.15. The molecule has 0 aliphatic carbocycles. The fourth-order valence-electron chi connectivity index (χ4n) is 1.75. The summed E-state index contributed by atoms with van der Waals surface area (Å²) in [5, 5.41) is 0. The molecule has 0 aromatic rings. The van der Waals surface area contributed by atoms with Crippen LogP contribution in [0.1, 0.15) is 52.9 Å². The van der Waals surface area contributed by atoms with E-state index in [0.717, 1.165) is 30.4 Å². The molecular formula is C13H21NO2. The first-order valence-corrected chi connectivity index (χ1v) is 5.98. The molecule has 16 heavy (non-hydrogen) atoms. The molecule has 0 spiro atoms. The molecule has 0 N–H and O–H groups in total. The van der Waals surface area contributed by atoms with E-state index in [1.807, 2.05) is 20.8 Å². The summed E-state index contributed by atoms with van der Waals surface area (Å²) >= 11 is 0. The quantitative estimate of drug-likeness (QED) is 0.675. The molecule has 0 unspecified atom stereocenters. The molecule has 0 radical (unpaired) electrons. The van der Waals surface area contributed by atoms with Crippen molar-refractivity contribution in [3.05, 3.63) is 11.1 Å². The fourth-order valence-corrected chi connectivity index (χ4v) is 1.75. The summed E-state index contributed by atoms with van der Waals surface area (Å²) < 4.78 is 0. The minimum absolute atomic E-state index is 0.00376. The number of amides is 2. The van der Waals surface area contributed by atoms with Crippen molar-refractivity contribution in [2.45, 2.75) is 52.9 Å². The van der Waals surface area contributed by atoms with Gasteiger partial charge in [0.2, 0.25) is 11.8 Å². The SMILES string of the molecule is CC(C)=C(C)CC(=O)N1CCCCCC1=O. The Morgan fingerprint density at radius 2 is 1.88 bits per heavy atom. The maximum absolute atomic E-state index is 11.9. The second kappa shape index (κ2) is 5.83. The zero-order valence-electron chi connectivity index (χ0n) is 10.5. The predicted octanol–water partition coefficient (Wildman–Crippen LogP) is 2.66. The van der Waals surface area contributed by atoms with Crippen LogP contribution < -0.4 is 0 Å². The Labute approximate surface area is 97.5 Å². The van der Waals surface area contributed by atoms with Gasteiger partial charge < -0.3 is 0 Å². The van der Waals surface area contributed by atoms with E-state index in [1.165, 1.54) is 4.90 Å². The maximum atomic E-state index is 11.9. The molecule has 1 aliphatic heterocycles. The van der Waals surface area contributed by atoms with E-state index in [0.29, 0.717) is 19.4 Å². The van der Waals surface area contributed by atoms with Crippen molar-refractivity contribution in [3.8, 4) is 0 Å². The maximum Gasteiger partial charge on any atom is 0.233 e. The van der Waals surface area contributed by atoms with E-state index in [2.05, 4.69) is 0 Å². The lowest BCUT2D eigenvalue weighted by atomic mass is 10.1. The van der Waals surface area contributed by atoms with E-state index in [-0.39, 0.29) is 11.8 Å². The van der Waals surface area contributed by atoms with Crippen molar-refractivity contribution >= 4 is 11.8 Å². The van der Waals surface area contributed by atoms with Gasteiger partial charge in [-0.2, -0.15) is 0 Å². The van der Waals surface area contributed by atoms with Crippen LogP contribution in [0.3, 0.4) is 0 Å². The predicted molar refractivity (Wildman–Crippen MR) is 63.9 cm³/mol. The highest BCUT2D eigenvalue weighted by molar-refractivity contribution is 5.96. The molecule has 0 atom stereocenters. The lowest BCUT2D eigenvalue weighted by Gasteiger charge is -2.18. The van der Waals surface area contributed by atoms with E-state index in [4.69, 9.17) is 0 Å². The smallest absolute Gasteiger partial charge is 0.233 e. The molecule has 90 valence electrons. The van der Waals surface area contributed by atoms with Crippen molar-refractivity contribution in [2.24, 2.45) is 0 Å². The average molecular weight is 223 g/mol. The van der Waals surface area contributed by atoms with E-state index in [9.17, 15) is 9.59 Å². The van der Waals surface area contributed by atoms with Gasteiger partial charge in [-0.05, 0) is 33.6 Å². The first-order chi connectivity index (χ1) is 7.52. The van der Waals surface area contributed by atoms with Gasteiger partial charge in [-0.1, -0.05) is 17.6 Å². The summed E-state index contributed by atoms with van der Waals surface area (Å²) in [6, 6.07) is 0. The molecule has 2 amide bonds. The largest absolute Gasteiger partial charge is 0.282 e. The number of carbonyl (C=O) groups excluding carboxylic acids is 2. The van der Waals surface area contributed by atoms with Crippen LogP contribution in [0.15, 0.2) is 11.1 Å². The summed E-state index contributed by atoms with van der Waals surface area (Å²) in [6.45, 7) is 6.54. The Kier molecular flexibility index (Phi) is 4.71. The van der Waals surface area contributed by atoms with Crippen LogP contribution in [0.5, 0.6) is 0 Å². The number of rotatable bonds is 2. The van der Waals surface area contributed by atoms with Gasteiger partial charge in [-0.25, -0.2) is 0 Å². The Hall–Kier alpha value is -1.12. The second-order valence-corrected chi connectivity index (χ2v) is 4.71. The van der Waals surface area contributed by atoms with Gasteiger partial charge in [0.05, 0.1) is 0 Å². The number of hydrogen-bond acceptors (Lipinski definition) is 2. The summed E-state index contributed by atoms with van der Waals surface area (Å²) in [4.78, 5) is 25.1. The second-order valence-electron chi connectivity index (χ2n) is 4.71. The molecule has 0 aromatic heterocycles. The van der Waals surface area contributed by atoms with Crippen LogP contribution >= 0.6 is 0 Å². The molecule has 1 heterocycles. The van der Waals surface area contributed by atoms with Crippen LogP contribution in [-0.4, -0.2) is 23.3 Å². The molecular weight excluding hydrogens is 202 g/mol. The monoisotopic (exact) mass is 223 g/mol. The number of nitrogens with zero attached hydrogens (tertiary/aromatic N) is 1. The van der Waals surface area contributed by atoms with Gasteiger partial charge in [-0.3, -0.25) is 14.5 Å². The zero-order valence-corrected chi connectivity index (χ0v) is 10.5. The molecule has 0 saturated carbocycles. The van der Waals surface area contributed by atoms with Gasteiger partial charge >= 0.3 is 0 Å². The van der Waals surface area contributed by atoms with Crippen molar-refractivity contribution in [1.29, 1.82) is 0 Å². The van der Waals surface area contributed by atoms with Crippen LogP contribution in [0.2, 0.25) is 0 Å². The average Bonchev–Trinajstić information content (AvgIpc) is 2.42. The Bertz CT molecular complexity index is 314. The van der Waals surface area contributed by atoms with Crippen LogP contribution in [0, 0.1) is 0 Å². The van der Waals surface area contributed by atoms with Gasteiger partial charge in [0.1, 0.15) is 0 Å². The van der Waals surface area contributed by atoms with Crippen LogP contribution in [0.4, 0.5) is 0 Å². The van der Waals surface area contributed by atoms with E-state index < -0.39 is 0 Å². The highest BCUT2D eigenvalue weighted by Gasteiger charge is 2.22. The first kappa shape index (κ1) is 12.9. The van der Waals surface area contributed by atoms with Crippen molar-refractivity contribution in [2.75, 3.05) is 6.54 Å². The van der Waals surface area contributed by atoms with Crippen molar-refractivity contribution in [1.82, 2.24) is 4.90 Å². The van der Waals surface area contributed by atoms with E-state index >= 15 is 0 Å². The van der Waals surface area contributed by atoms with E-state index in [1.54, 1.807) is 0 Å². The van der Waals surface area contributed by atoms with Gasteiger partial charge in [0.25, 0.3) is 0 Å². The summed E-state index contributed by atoms with van der Waals surface area (Å²) in [5.41, 5.74) is 2.23. The third-order valence-electron chi connectivity index (χ3n) is 3.14. The highest BCUT2D eigenvalue weighted by atomic mass is 16.2. The van der Waals surface area contributed by atoms with Crippen LogP contribution in [-0.2, 0) is 9.59 Å². The number of carbonyl (C=O) groups is 2. The lowest BCUT2D eigenvalue weighted by molar-refractivity contribution is -0.143. The zero-order chi connectivity index (χ0) is 12.1. The van der Waals surface area contributed by atoms with Crippen molar-refractivity contribution in [3.63, 3.8) is 0 Å². The molecule has 1 rings (SSSR count). The summed E-state index contributed by atoms with van der Waals surface area (Å²) in [7, 11) is 0. The Morgan fingerprint density at radius 3 is 2.50 bits per heavy atom.